The lowest BCUT2D eigenvalue weighted by molar-refractivity contribution is 0.683. The highest BCUT2D eigenvalue weighted by molar-refractivity contribution is 8.00. The van der Waals surface area contributed by atoms with E-state index < -0.39 is 0 Å². The van der Waals surface area contributed by atoms with Crippen molar-refractivity contribution in [2.45, 2.75) is 58.1 Å². The van der Waals surface area contributed by atoms with E-state index in [0.29, 0.717) is 4.75 Å². The van der Waals surface area contributed by atoms with Gasteiger partial charge in [0.05, 0.1) is 0 Å². The average molecular weight is 200 g/mol. The van der Waals surface area contributed by atoms with Crippen LogP contribution in [0.5, 0.6) is 0 Å². The largest absolute Gasteiger partial charge is 0.156 e. The maximum atomic E-state index is 2.33. The average Bonchev–Trinajstić information content (AvgIpc) is 2.11. The minimum Gasteiger partial charge on any atom is -0.156 e. The molecule has 0 saturated carbocycles. The molecule has 0 unspecified atom stereocenters. The van der Waals surface area contributed by atoms with Gasteiger partial charge in [-0.15, -0.1) is 0 Å². The molecule has 0 heterocycles. The van der Waals surface area contributed by atoms with E-state index >= 15 is 0 Å². The molecule has 13 heavy (non-hydrogen) atoms. The van der Waals surface area contributed by atoms with Gasteiger partial charge in [-0.1, -0.05) is 39.8 Å². The lowest BCUT2D eigenvalue weighted by Crippen LogP contribution is -2.12. The van der Waals surface area contributed by atoms with Gasteiger partial charge in [0.15, 0.2) is 0 Å². The van der Waals surface area contributed by atoms with E-state index in [1.165, 1.54) is 31.4 Å². The summed E-state index contributed by atoms with van der Waals surface area (Å²) >= 11 is 2.10. The highest BCUT2D eigenvalue weighted by atomic mass is 32.2. The topological polar surface area (TPSA) is 0 Å². The zero-order valence-corrected chi connectivity index (χ0v) is 10.4. The van der Waals surface area contributed by atoms with Gasteiger partial charge in [0.1, 0.15) is 0 Å². The van der Waals surface area contributed by atoms with Gasteiger partial charge in [0.25, 0.3) is 0 Å². The second-order valence-electron chi connectivity index (χ2n) is 3.98. The van der Waals surface area contributed by atoms with Gasteiger partial charge in [-0.25, -0.2) is 0 Å². The quantitative estimate of drug-likeness (QED) is 0.425. The SMILES string of the molecule is CC/C=C\CCCSC(C)(C)CC. The fourth-order valence-corrected chi connectivity index (χ4v) is 2.00. The Bertz CT molecular complexity index is 136. The van der Waals surface area contributed by atoms with Crippen LogP contribution in [0.1, 0.15) is 53.4 Å². The predicted octanol–water partition coefficient (Wildman–Crippen LogP) is 4.65. The number of allylic oxidation sites excluding steroid dienone is 2. The van der Waals surface area contributed by atoms with Crippen molar-refractivity contribution in [2.75, 3.05) is 5.75 Å². The summed E-state index contributed by atoms with van der Waals surface area (Å²) in [5, 5.41) is 0. The van der Waals surface area contributed by atoms with Crippen LogP contribution in [0.2, 0.25) is 0 Å². The minimum atomic E-state index is 0.481. The monoisotopic (exact) mass is 200 g/mol. The summed E-state index contributed by atoms with van der Waals surface area (Å²) in [4.78, 5) is 0. The third kappa shape index (κ3) is 8.42. The highest BCUT2D eigenvalue weighted by Gasteiger charge is 2.13. The Hall–Kier alpha value is 0.0900. The molecular weight excluding hydrogens is 176 g/mol. The van der Waals surface area contributed by atoms with Crippen molar-refractivity contribution in [3.63, 3.8) is 0 Å². The first-order valence-corrected chi connectivity index (χ1v) is 6.40. The minimum absolute atomic E-state index is 0.481. The molecule has 0 spiro atoms. The first kappa shape index (κ1) is 13.1. The Morgan fingerprint density at radius 2 is 1.85 bits per heavy atom. The number of unbranched alkanes of at least 4 members (excludes halogenated alkanes) is 1. The van der Waals surface area contributed by atoms with Crippen molar-refractivity contribution < 1.29 is 0 Å². The Kier molecular flexibility index (Phi) is 7.54. The van der Waals surface area contributed by atoms with Crippen molar-refractivity contribution in [3.05, 3.63) is 12.2 Å². The molecule has 0 aliphatic carbocycles. The zero-order valence-electron chi connectivity index (χ0n) is 9.60. The molecule has 0 aromatic carbocycles. The number of rotatable bonds is 7. The Morgan fingerprint density at radius 3 is 2.38 bits per heavy atom. The maximum Gasteiger partial charge on any atom is 0.0101 e. The molecule has 0 fully saturated rings. The predicted molar refractivity (Wildman–Crippen MR) is 65.5 cm³/mol. The van der Waals surface area contributed by atoms with Crippen molar-refractivity contribution in [3.8, 4) is 0 Å². The van der Waals surface area contributed by atoms with E-state index in [9.17, 15) is 0 Å². The molecule has 0 saturated heterocycles. The molecule has 0 rings (SSSR count). The second-order valence-corrected chi connectivity index (χ2v) is 5.79. The molecule has 1 heteroatoms. The second kappa shape index (κ2) is 7.49. The normalized spacial score (nSPS) is 12.6. The van der Waals surface area contributed by atoms with E-state index in [1.807, 2.05) is 0 Å². The van der Waals surface area contributed by atoms with Crippen LogP contribution in [0.15, 0.2) is 12.2 Å². The van der Waals surface area contributed by atoms with E-state index in [1.54, 1.807) is 0 Å². The van der Waals surface area contributed by atoms with E-state index in [4.69, 9.17) is 0 Å². The molecule has 0 aromatic heterocycles. The van der Waals surface area contributed by atoms with Gasteiger partial charge in [0, 0.05) is 4.75 Å². The standard InChI is InChI=1S/C12H24S/c1-5-7-8-9-10-11-13-12(3,4)6-2/h7-8H,5-6,9-11H2,1-4H3/b8-7-. The van der Waals surface area contributed by atoms with Gasteiger partial charge in [-0.2, -0.15) is 11.8 Å². The number of hydrogen-bond donors (Lipinski definition) is 0. The van der Waals surface area contributed by atoms with Crippen LogP contribution in [0, 0.1) is 0 Å². The summed E-state index contributed by atoms with van der Waals surface area (Å²) in [5.74, 6) is 1.30. The molecule has 0 atom stereocenters. The summed E-state index contributed by atoms with van der Waals surface area (Å²) in [6.07, 6.45) is 9.58. The molecule has 0 amide bonds. The lowest BCUT2D eigenvalue weighted by atomic mass is 10.1. The first-order chi connectivity index (χ1) is 6.12. The fourth-order valence-electron chi connectivity index (χ4n) is 0.936. The van der Waals surface area contributed by atoms with Crippen molar-refractivity contribution in [2.24, 2.45) is 0 Å². The van der Waals surface area contributed by atoms with Crippen molar-refractivity contribution >= 4 is 11.8 Å². The summed E-state index contributed by atoms with van der Waals surface area (Å²) in [5.41, 5.74) is 0. The van der Waals surface area contributed by atoms with Crippen LogP contribution in [-0.4, -0.2) is 10.5 Å². The molecule has 78 valence electrons. The summed E-state index contributed by atoms with van der Waals surface area (Å²) < 4.78 is 0.481. The van der Waals surface area contributed by atoms with Crippen LogP contribution >= 0.6 is 11.8 Å². The van der Waals surface area contributed by atoms with Crippen molar-refractivity contribution in [1.29, 1.82) is 0 Å². The van der Waals surface area contributed by atoms with E-state index in [2.05, 4.69) is 51.6 Å². The third-order valence-corrected chi connectivity index (χ3v) is 3.82. The first-order valence-electron chi connectivity index (χ1n) is 5.41. The lowest BCUT2D eigenvalue weighted by Gasteiger charge is -2.21. The molecular formula is C12H24S. The zero-order chi connectivity index (χ0) is 10.2. The third-order valence-electron chi connectivity index (χ3n) is 2.26. The van der Waals surface area contributed by atoms with Crippen LogP contribution in [-0.2, 0) is 0 Å². The molecule has 0 aromatic rings. The summed E-state index contributed by atoms with van der Waals surface area (Å²) in [6.45, 7) is 9.12. The van der Waals surface area contributed by atoms with Crippen molar-refractivity contribution in [1.82, 2.24) is 0 Å². The van der Waals surface area contributed by atoms with E-state index in [0.717, 1.165) is 0 Å². The summed E-state index contributed by atoms with van der Waals surface area (Å²) in [7, 11) is 0. The number of hydrogen-bond acceptors (Lipinski definition) is 1. The maximum absolute atomic E-state index is 2.33. The van der Waals surface area contributed by atoms with Gasteiger partial charge in [-0.05, 0) is 31.4 Å². The Balaban J connectivity index is 3.30. The highest BCUT2D eigenvalue weighted by Crippen LogP contribution is 2.28. The van der Waals surface area contributed by atoms with Gasteiger partial charge in [-0.3, -0.25) is 0 Å². The Morgan fingerprint density at radius 1 is 1.15 bits per heavy atom. The van der Waals surface area contributed by atoms with Crippen LogP contribution < -0.4 is 0 Å². The van der Waals surface area contributed by atoms with Crippen LogP contribution in [0.25, 0.3) is 0 Å². The summed E-state index contributed by atoms with van der Waals surface area (Å²) in [6, 6.07) is 0. The van der Waals surface area contributed by atoms with Crippen LogP contribution in [0.3, 0.4) is 0 Å². The smallest absolute Gasteiger partial charge is 0.0101 e. The van der Waals surface area contributed by atoms with Gasteiger partial charge in [0.2, 0.25) is 0 Å². The molecule has 0 bridgehead atoms. The molecule has 0 aliphatic rings. The molecule has 0 N–H and O–H groups in total. The van der Waals surface area contributed by atoms with Gasteiger partial charge >= 0.3 is 0 Å². The van der Waals surface area contributed by atoms with E-state index in [-0.39, 0.29) is 0 Å². The molecule has 0 aliphatic heterocycles. The van der Waals surface area contributed by atoms with Gasteiger partial charge < -0.3 is 0 Å². The molecule has 0 nitrogen and oxygen atoms in total. The number of thioether (sulfide) groups is 1. The van der Waals surface area contributed by atoms with Crippen LogP contribution in [0.4, 0.5) is 0 Å². The molecule has 0 radical (unpaired) electrons. The Labute approximate surface area is 88.2 Å². The fraction of sp³-hybridized carbons (Fsp3) is 0.833.